The minimum absolute atomic E-state index is 0.109. The SMILES string of the molecule is O=C(O)c1cc(CNc2ccc(Cl)cc2Br)on1. The molecule has 0 amide bonds. The Labute approximate surface area is 116 Å². The molecule has 0 aliphatic heterocycles. The van der Waals surface area contributed by atoms with Gasteiger partial charge in [0.1, 0.15) is 0 Å². The molecule has 94 valence electrons. The molecule has 0 aliphatic carbocycles. The summed E-state index contributed by atoms with van der Waals surface area (Å²) in [4.78, 5) is 10.6. The molecular formula is C11H8BrClN2O3. The van der Waals surface area contributed by atoms with Crippen LogP contribution in [0.4, 0.5) is 5.69 Å². The van der Waals surface area contributed by atoms with E-state index in [0.29, 0.717) is 17.3 Å². The molecule has 0 radical (unpaired) electrons. The molecule has 0 unspecified atom stereocenters. The van der Waals surface area contributed by atoms with E-state index in [1.807, 2.05) is 0 Å². The number of carboxylic acid groups (broad SMARTS) is 1. The van der Waals surface area contributed by atoms with Gasteiger partial charge in [-0.3, -0.25) is 0 Å². The van der Waals surface area contributed by atoms with Gasteiger partial charge in [0.15, 0.2) is 11.5 Å². The molecule has 7 heteroatoms. The molecule has 2 rings (SSSR count). The van der Waals surface area contributed by atoms with Crippen LogP contribution < -0.4 is 5.32 Å². The second-order valence-electron chi connectivity index (χ2n) is 3.46. The lowest BCUT2D eigenvalue weighted by Crippen LogP contribution is -1.99. The average Bonchev–Trinajstić information content (AvgIpc) is 2.76. The Kier molecular flexibility index (Phi) is 3.88. The Morgan fingerprint density at radius 3 is 2.89 bits per heavy atom. The molecule has 1 aromatic heterocycles. The monoisotopic (exact) mass is 330 g/mol. The summed E-state index contributed by atoms with van der Waals surface area (Å²) in [6.07, 6.45) is 0. The van der Waals surface area contributed by atoms with E-state index in [9.17, 15) is 4.79 Å². The van der Waals surface area contributed by atoms with Crippen LogP contribution in [-0.4, -0.2) is 16.2 Å². The van der Waals surface area contributed by atoms with Crippen molar-refractivity contribution >= 4 is 39.2 Å². The summed E-state index contributed by atoms with van der Waals surface area (Å²) in [6.45, 7) is 0.334. The molecule has 0 atom stereocenters. The Balaban J connectivity index is 2.04. The zero-order valence-electron chi connectivity index (χ0n) is 8.98. The minimum atomic E-state index is -1.11. The standard InChI is InChI=1S/C11H8BrClN2O3/c12-8-3-6(13)1-2-9(8)14-5-7-4-10(11(16)17)15-18-7/h1-4,14H,5H2,(H,16,17). The topological polar surface area (TPSA) is 75.4 Å². The van der Waals surface area contributed by atoms with Crippen molar-refractivity contribution in [1.29, 1.82) is 0 Å². The van der Waals surface area contributed by atoms with Gasteiger partial charge in [-0.1, -0.05) is 16.8 Å². The van der Waals surface area contributed by atoms with Gasteiger partial charge in [0.25, 0.3) is 0 Å². The summed E-state index contributed by atoms with van der Waals surface area (Å²) < 4.78 is 5.69. The molecule has 1 heterocycles. The number of aromatic carboxylic acids is 1. The van der Waals surface area contributed by atoms with Crippen molar-refractivity contribution in [2.24, 2.45) is 0 Å². The molecule has 18 heavy (non-hydrogen) atoms. The highest BCUT2D eigenvalue weighted by Crippen LogP contribution is 2.26. The molecular weight excluding hydrogens is 323 g/mol. The van der Waals surface area contributed by atoms with E-state index in [1.54, 1.807) is 18.2 Å². The van der Waals surface area contributed by atoms with Crippen molar-refractivity contribution < 1.29 is 14.4 Å². The third kappa shape index (κ3) is 3.02. The Hall–Kier alpha value is -1.53. The van der Waals surface area contributed by atoms with E-state index in [2.05, 4.69) is 26.4 Å². The third-order valence-electron chi connectivity index (χ3n) is 2.16. The quantitative estimate of drug-likeness (QED) is 0.898. The Morgan fingerprint density at radius 2 is 2.28 bits per heavy atom. The summed E-state index contributed by atoms with van der Waals surface area (Å²) >= 11 is 9.18. The second-order valence-corrected chi connectivity index (χ2v) is 4.75. The summed E-state index contributed by atoms with van der Waals surface area (Å²) in [5.74, 6) is -0.674. The zero-order chi connectivity index (χ0) is 13.1. The van der Waals surface area contributed by atoms with Crippen LogP contribution in [0.2, 0.25) is 5.02 Å². The number of halogens is 2. The highest BCUT2D eigenvalue weighted by Gasteiger charge is 2.10. The van der Waals surface area contributed by atoms with E-state index < -0.39 is 5.97 Å². The van der Waals surface area contributed by atoms with Gasteiger partial charge in [-0.05, 0) is 34.1 Å². The van der Waals surface area contributed by atoms with E-state index in [0.717, 1.165) is 10.2 Å². The Morgan fingerprint density at radius 1 is 1.50 bits per heavy atom. The fourth-order valence-electron chi connectivity index (χ4n) is 1.31. The number of benzene rings is 1. The maximum Gasteiger partial charge on any atom is 0.358 e. The first-order valence-electron chi connectivity index (χ1n) is 4.94. The number of rotatable bonds is 4. The summed E-state index contributed by atoms with van der Waals surface area (Å²) in [5.41, 5.74) is 0.717. The number of nitrogens with one attached hydrogen (secondary N) is 1. The molecule has 0 aliphatic rings. The lowest BCUT2D eigenvalue weighted by Gasteiger charge is -2.06. The first-order chi connectivity index (χ1) is 8.56. The van der Waals surface area contributed by atoms with Gasteiger partial charge in [-0.2, -0.15) is 0 Å². The number of hydrogen-bond donors (Lipinski definition) is 2. The van der Waals surface area contributed by atoms with Crippen LogP contribution in [0.1, 0.15) is 16.2 Å². The minimum Gasteiger partial charge on any atom is -0.476 e. The zero-order valence-corrected chi connectivity index (χ0v) is 11.3. The molecule has 0 saturated carbocycles. The van der Waals surface area contributed by atoms with Gasteiger partial charge in [0.05, 0.1) is 6.54 Å². The van der Waals surface area contributed by atoms with Crippen molar-refractivity contribution in [3.8, 4) is 0 Å². The Bertz CT molecular complexity index is 585. The molecule has 5 nitrogen and oxygen atoms in total. The van der Waals surface area contributed by atoms with Crippen LogP contribution >= 0.6 is 27.5 Å². The van der Waals surface area contributed by atoms with Crippen LogP contribution in [0.15, 0.2) is 33.3 Å². The molecule has 2 N–H and O–H groups in total. The van der Waals surface area contributed by atoms with Crippen molar-refractivity contribution in [1.82, 2.24) is 5.16 Å². The average molecular weight is 332 g/mol. The first kappa shape index (κ1) is 12.9. The number of hydrogen-bond acceptors (Lipinski definition) is 4. The van der Waals surface area contributed by atoms with E-state index in [4.69, 9.17) is 21.2 Å². The summed E-state index contributed by atoms with van der Waals surface area (Å²) in [7, 11) is 0. The van der Waals surface area contributed by atoms with Gasteiger partial charge in [-0.15, -0.1) is 0 Å². The number of anilines is 1. The van der Waals surface area contributed by atoms with E-state index in [1.165, 1.54) is 6.07 Å². The normalized spacial score (nSPS) is 10.3. The molecule has 0 bridgehead atoms. The van der Waals surface area contributed by atoms with Gasteiger partial charge >= 0.3 is 5.97 Å². The van der Waals surface area contributed by atoms with Gasteiger partial charge in [-0.25, -0.2) is 4.79 Å². The van der Waals surface area contributed by atoms with Crippen LogP contribution in [-0.2, 0) is 6.54 Å². The lowest BCUT2D eigenvalue weighted by molar-refractivity contribution is 0.0685. The number of carboxylic acids is 1. The van der Waals surface area contributed by atoms with Crippen LogP contribution in [0.3, 0.4) is 0 Å². The van der Waals surface area contributed by atoms with Gasteiger partial charge < -0.3 is 14.9 Å². The number of aromatic nitrogens is 1. The lowest BCUT2D eigenvalue weighted by atomic mass is 10.3. The maximum atomic E-state index is 10.6. The second kappa shape index (κ2) is 5.41. The predicted octanol–water partition coefficient (Wildman–Crippen LogP) is 3.40. The van der Waals surface area contributed by atoms with Crippen molar-refractivity contribution in [2.75, 3.05) is 5.32 Å². The first-order valence-corrected chi connectivity index (χ1v) is 6.11. The largest absolute Gasteiger partial charge is 0.476 e. The highest BCUT2D eigenvalue weighted by atomic mass is 79.9. The van der Waals surface area contributed by atoms with Crippen LogP contribution in [0.25, 0.3) is 0 Å². The molecule has 0 fully saturated rings. The van der Waals surface area contributed by atoms with Crippen molar-refractivity contribution in [3.63, 3.8) is 0 Å². The molecule has 0 spiro atoms. The van der Waals surface area contributed by atoms with Crippen molar-refractivity contribution in [2.45, 2.75) is 6.54 Å². The van der Waals surface area contributed by atoms with E-state index in [-0.39, 0.29) is 5.69 Å². The number of nitrogens with zero attached hydrogens (tertiary/aromatic N) is 1. The van der Waals surface area contributed by atoms with Crippen molar-refractivity contribution in [3.05, 3.63) is 45.2 Å². The fourth-order valence-corrected chi connectivity index (χ4v) is 2.14. The van der Waals surface area contributed by atoms with E-state index >= 15 is 0 Å². The van der Waals surface area contributed by atoms with Crippen LogP contribution in [0.5, 0.6) is 0 Å². The highest BCUT2D eigenvalue weighted by molar-refractivity contribution is 9.10. The van der Waals surface area contributed by atoms with Crippen LogP contribution in [0, 0.1) is 0 Å². The predicted molar refractivity (Wildman–Crippen MR) is 69.9 cm³/mol. The summed E-state index contributed by atoms with van der Waals surface area (Å²) in [5, 5.41) is 15.8. The number of carbonyl (C=O) groups is 1. The molecule has 1 aromatic carbocycles. The molecule has 0 saturated heterocycles. The summed E-state index contributed by atoms with van der Waals surface area (Å²) in [6, 6.07) is 6.69. The third-order valence-corrected chi connectivity index (χ3v) is 3.05. The molecule has 2 aromatic rings. The maximum absolute atomic E-state index is 10.6. The van der Waals surface area contributed by atoms with Gasteiger partial charge in [0.2, 0.25) is 0 Å². The fraction of sp³-hybridized carbons (Fsp3) is 0.0909. The van der Waals surface area contributed by atoms with Gasteiger partial charge in [0, 0.05) is 21.2 Å². The smallest absolute Gasteiger partial charge is 0.358 e.